The van der Waals surface area contributed by atoms with E-state index in [9.17, 15) is 32.6 Å². The fraction of sp³-hybridized carbons (Fsp3) is 0.368. The Morgan fingerprint density at radius 1 is 1.21 bits per heavy atom. The van der Waals surface area contributed by atoms with E-state index in [4.69, 9.17) is 0 Å². The van der Waals surface area contributed by atoms with E-state index in [0.717, 1.165) is 40.2 Å². The highest BCUT2D eigenvalue weighted by Gasteiger charge is 2.56. The first-order chi connectivity index (χ1) is 13.3. The third kappa shape index (κ3) is 3.99. The minimum atomic E-state index is -5.03. The van der Waals surface area contributed by atoms with Gasteiger partial charge in [-0.05, 0) is 30.0 Å². The molecule has 10 heteroatoms. The molecule has 0 aliphatic carbocycles. The van der Waals surface area contributed by atoms with Gasteiger partial charge < -0.3 is 14.8 Å². The van der Waals surface area contributed by atoms with Gasteiger partial charge in [0.2, 0.25) is 5.43 Å². The molecule has 2 N–H and O–H groups in total. The molecule has 156 valence electrons. The third-order valence-corrected chi connectivity index (χ3v) is 5.69. The lowest BCUT2D eigenvalue weighted by Gasteiger charge is -2.38. The van der Waals surface area contributed by atoms with Gasteiger partial charge in [-0.15, -0.1) is 11.3 Å². The Hall–Kier alpha value is -2.46. The molecule has 0 saturated heterocycles. The summed E-state index contributed by atoms with van der Waals surface area (Å²) in [6, 6.07) is 4.09. The number of hydrogen-bond acceptors (Lipinski definition) is 5. The first-order valence-corrected chi connectivity index (χ1v) is 9.43. The Balaban J connectivity index is 2.05. The number of rotatable bonds is 5. The Labute approximate surface area is 166 Å². The SMILES string of the molecule is CC(C)(CC(O)(Cn1ccc(=O)c2ncsc21)C(F)(F)F)c1cc(F)ccc1O. The van der Waals surface area contributed by atoms with Crippen molar-refractivity contribution in [2.24, 2.45) is 0 Å². The maximum Gasteiger partial charge on any atom is 0.418 e. The van der Waals surface area contributed by atoms with Gasteiger partial charge in [-0.3, -0.25) is 4.79 Å². The summed E-state index contributed by atoms with van der Waals surface area (Å²) in [6.07, 6.45) is -4.72. The van der Waals surface area contributed by atoms with Crippen molar-refractivity contribution in [3.05, 3.63) is 57.6 Å². The molecule has 0 aliphatic heterocycles. The molecule has 0 fully saturated rings. The van der Waals surface area contributed by atoms with Gasteiger partial charge in [-0.1, -0.05) is 13.8 Å². The Kier molecular flexibility index (Phi) is 5.20. The maximum atomic E-state index is 13.9. The number of halogens is 4. The van der Waals surface area contributed by atoms with Crippen molar-refractivity contribution in [3.63, 3.8) is 0 Å². The van der Waals surface area contributed by atoms with Crippen molar-refractivity contribution >= 4 is 21.7 Å². The van der Waals surface area contributed by atoms with E-state index >= 15 is 0 Å². The minimum Gasteiger partial charge on any atom is -0.508 e. The van der Waals surface area contributed by atoms with Crippen molar-refractivity contribution < 1.29 is 27.8 Å². The molecule has 2 aromatic heterocycles. The Morgan fingerprint density at radius 2 is 1.90 bits per heavy atom. The lowest BCUT2D eigenvalue weighted by molar-refractivity contribution is -0.271. The zero-order chi connectivity index (χ0) is 21.6. The van der Waals surface area contributed by atoms with E-state index in [0.29, 0.717) is 0 Å². The number of fused-ring (bicyclic) bond motifs is 1. The van der Waals surface area contributed by atoms with Gasteiger partial charge in [0, 0.05) is 17.8 Å². The Morgan fingerprint density at radius 3 is 2.55 bits per heavy atom. The number of thiazole rings is 1. The summed E-state index contributed by atoms with van der Waals surface area (Å²) >= 11 is 0.982. The second kappa shape index (κ2) is 7.10. The molecule has 0 saturated carbocycles. The molecular weight excluding hydrogens is 412 g/mol. The van der Waals surface area contributed by atoms with Crippen LogP contribution in [0.15, 0.2) is 40.8 Å². The minimum absolute atomic E-state index is 0.0176. The molecule has 5 nitrogen and oxygen atoms in total. The zero-order valence-electron chi connectivity index (χ0n) is 15.5. The van der Waals surface area contributed by atoms with E-state index < -0.39 is 41.4 Å². The van der Waals surface area contributed by atoms with E-state index in [1.807, 2.05) is 0 Å². The number of phenols is 1. The van der Waals surface area contributed by atoms with Crippen LogP contribution in [0.3, 0.4) is 0 Å². The molecule has 0 amide bonds. The summed E-state index contributed by atoms with van der Waals surface area (Å²) in [5.41, 5.74) is -3.78. The molecule has 1 aromatic carbocycles. The van der Waals surface area contributed by atoms with Gasteiger partial charge in [0.15, 0.2) is 5.60 Å². The van der Waals surface area contributed by atoms with Crippen LogP contribution in [0, 0.1) is 5.82 Å². The number of pyridine rings is 1. The highest BCUT2D eigenvalue weighted by atomic mass is 32.1. The Bertz CT molecular complexity index is 1110. The van der Waals surface area contributed by atoms with Gasteiger partial charge in [-0.2, -0.15) is 13.2 Å². The van der Waals surface area contributed by atoms with E-state index in [1.165, 1.54) is 25.6 Å². The average molecular weight is 430 g/mol. The van der Waals surface area contributed by atoms with Crippen LogP contribution in [0.2, 0.25) is 0 Å². The molecule has 1 atom stereocenters. The van der Waals surface area contributed by atoms with Crippen LogP contribution in [-0.2, 0) is 12.0 Å². The summed E-state index contributed by atoms with van der Waals surface area (Å²) in [5.74, 6) is -1.08. The monoisotopic (exact) mass is 430 g/mol. The third-order valence-electron chi connectivity index (χ3n) is 4.83. The molecule has 2 heterocycles. The fourth-order valence-electron chi connectivity index (χ4n) is 3.45. The van der Waals surface area contributed by atoms with Crippen molar-refractivity contribution in [1.29, 1.82) is 0 Å². The van der Waals surface area contributed by atoms with E-state index in [-0.39, 0.29) is 21.7 Å². The molecule has 0 aliphatic rings. The van der Waals surface area contributed by atoms with Gasteiger partial charge in [-0.25, -0.2) is 9.37 Å². The van der Waals surface area contributed by atoms with Gasteiger partial charge in [0.1, 0.15) is 21.9 Å². The molecule has 1 unspecified atom stereocenters. The van der Waals surface area contributed by atoms with E-state index in [2.05, 4.69) is 4.98 Å². The number of benzene rings is 1. The predicted octanol–water partition coefficient (Wildman–Crippen LogP) is 3.96. The lowest BCUT2D eigenvalue weighted by Crippen LogP contribution is -2.52. The van der Waals surface area contributed by atoms with Gasteiger partial charge in [0.25, 0.3) is 0 Å². The lowest BCUT2D eigenvalue weighted by atomic mass is 9.74. The number of hydrogen-bond donors (Lipinski definition) is 2. The van der Waals surface area contributed by atoms with E-state index in [1.54, 1.807) is 0 Å². The predicted molar refractivity (Wildman–Crippen MR) is 101 cm³/mol. The molecule has 0 spiro atoms. The van der Waals surface area contributed by atoms with Crippen molar-refractivity contribution in [3.8, 4) is 5.75 Å². The summed E-state index contributed by atoms with van der Waals surface area (Å²) in [6.45, 7) is 1.87. The van der Waals surface area contributed by atoms with Crippen LogP contribution in [0.4, 0.5) is 17.6 Å². The van der Waals surface area contributed by atoms with Crippen LogP contribution in [0.1, 0.15) is 25.8 Å². The van der Waals surface area contributed by atoms with Gasteiger partial charge in [0.05, 0.1) is 12.1 Å². The molecular formula is C19H18F4N2O3S. The average Bonchev–Trinajstić information content (AvgIpc) is 3.09. The van der Waals surface area contributed by atoms with Crippen LogP contribution in [0.25, 0.3) is 10.3 Å². The van der Waals surface area contributed by atoms with Crippen molar-refractivity contribution in [2.75, 3.05) is 0 Å². The standard InChI is InChI=1S/C19H18F4N2O3S/c1-17(2,12-7-11(20)3-4-13(12)26)8-18(28,19(21,22)23)9-25-6-5-14(27)15-16(25)29-10-24-15/h3-7,10,26,28H,8-9H2,1-2H3. The maximum absolute atomic E-state index is 13.9. The number of aromatic nitrogens is 2. The molecule has 29 heavy (non-hydrogen) atoms. The quantitative estimate of drug-likeness (QED) is 0.601. The first-order valence-electron chi connectivity index (χ1n) is 8.55. The summed E-state index contributed by atoms with van der Waals surface area (Å²) < 4.78 is 56.6. The van der Waals surface area contributed by atoms with Crippen molar-refractivity contribution in [1.82, 2.24) is 9.55 Å². The van der Waals surface area contributed by atoms with Crippen LogP contribution in [-0.4, -0.2) is 31.5 Å². The number of aliphatic hydroxyl groups is 1. The zero-order valence-corrected chi connectivity index (χ0v) is 16.3. The summed E-state index contributed by atoms with van der Waals surface area (Å²) in [7, 11) is 0. The largest absolute Gasteiger partial charge is 0.508 e. The second-order valence-electron chi connectivity index (χ2n) is 7.57. The number of aromatic hydroxyl groups is 1. The van der Waals surface area contributed by atoms with Crippen molar-refractivity contribution in [2.45, 2.75) is 44.0 Å². The first kappa shape index (κ1) is 21.3. The molecule has 0 radical (unpaired) electrons. The topological polar surface area (TPSA) is 75.4 Å². The van der Waals surface area contributed by atoms with Gasteiger partial charge >= 0.3 is 6.18 Å². The number of alkyl halides is 3. The van der Waals surface area contributed by atoms with Crippen LogP contribution in [0.5, 0.6) is 5.75 Å². The second-order valence-corrected chi connectivity index (χ2v) is 8.40. The molecule has 3 aromatic rings. The number of nitrogens with zero attached hydrogens (tertiary/aromatic N) is 2. The molecule has 0 bridgehead atoms. The van der Waals surface area contributed by atoms with Crippen LogP contribution >= 0.6 is 11.3 Å². The number of phenolic OH excluding ortho intramolecular Hbond substituents is 1. The smallest absolute Gasteiger partial charge is 0.418 e. The summed E-state index contributed by atoms with van der Waals surface area (Å²) in [4.78, 5) is 15.9. The highest BCUT2D eigenvalue weighted by Crippen LogP contribution is 2.44. The normalized spacial score (nSPS) is 14.9. The summed E-state index contributed by atoms with van der Waals surface area (Å²) in [5, 5.41) is 20.7. The fourth-order valence-corrected chi connectivity index (χ4v) is 4.23. The van der Waals surface area contributed by atoms with Crippen LogP contribution < -0.4 is 5.43 Å². The molecule has 3 rings (SSSR count). The highest BCUT2D eigenvalue weighted by molar-refractivity contribution is 7.16.